The minimum absolute atomic E-state index is 0.0290. The van der Waals surface area contributed by atoms with E-state index in [2.05, 4.69) is 15.2 Å². The van der Waals surface area contributed by atoms with E-state index in [-0.39, 0.29) is 17.2 Å². The quantitative estimate of drug-likeness (QED) is 0.322. The first-order chi connectivity index (χ1) is 14.2. The third kappa shape index (κ3) is 3.90. The topological polar surface area (TPSA) is 98.3 Å². The van der Waals surface area contributed by atoms with Crippen LogP contribution >= 0.6 is 11.3 Å². The maximum atomic E-state index is 13.1. The van der Waals surface area contributed by atoms with Crippen LogP contribution in [0.25, 0.3) is 20.8 Å². The molecule has 10 heteroatoms. The van der Waals surface area contributed by atoms with Gasteiger partial charge < -0.3 is 15.3 Å². The molecule has 1 heterocycles. The van der Waals surface area contributed by atoms with Gasteiger partial charge in [0, 0.05) is 5.56 Å². The molecular weight excluding hydrogens is 419 g/mol. The number of aromatic nitrogens is 1. The van der Waals surface area contributed by atoms with E-state index < -0.39 is 23.2 Å². The number of azo groups is 1. The van der Waals surface area contributed by atoms with Crippen molar-refractivity contribution in [3.05, 3.63) is 60.2 Å². The SMILES string of the molecule is Oc1ccc(/N=N/c2ccc(-c3nc4ccc(O)cc4s3)cc2O)c(C(F)(F)F)c1. The van der Waals surface area contributed by atoms with E-state index in [4.69, 9.17) is 0 Å². The van der Waals surface area contributed by atoms with E-state index in [0.717, 1.165) is 16.8 Å². The summed E-state index contributed by atoms with van der Waals surface area (Å²) in [6.45, 7) is 0. The average molecular weight is 431 g/mol. The molecule has 4 rings (SSSR count). The van der Waals surface area contributed by atoms with E-state index in [1.54, 1.807) is 18.2 Å². The Labute approximate surface area is 171 Å². The molecule has 3 aromatic carbocycles. The molecule has 6 nitrogen and oxygen atoms in total. The number of hydrogen-bond donors (Lipinski definition) is 3. The van der Waals surface area contributed by atoms with Gasteiger partial charge in [0.1, 0.15) is 27.9 Å². The zero-order chi connectivity index (χ0) is 21.5. The second-order valence-corrected chi connectivity index (χ2v) is 7.30. The number of phenolic OH excluding ortho intramolecular Hbond substituents is 3. The third-order valence-corrected chi connectivity index (χ3v) is 5.21. The number of nitrogens with zero attached hydrogens (tertiary/aromatic N) is 3. The zero-order valence-electron chi connectivity index (χ0n) is 14.9. The lowest BCUT2D eigenvalue weighted by molar-refractivity contribution is -0.137. The second kappa shape index (κ2) is 7.30. The van der Waals surface area contributed by atoms with Gasteiger partial charge in [-0.15, -0.1) is 21.6 Å². The lowest BCUT2D eigenvalue weighted by Crippen LogP contribution is -2.04. The minimum atomic E-state index is -4.72. The summed E-state index contributed by atoms with van der Waals surface area (Å²) in [4.78, 5) is 4.43. The Hall–Kier alpha value is -3.66. The van der Waals surface area contributed by atoms with Crippen molar-refractivity contribution in [3.63, 3.8) is 0 Å². The molecule has 0 aliphatic heterocycles. The molecule has 1 aromatic heterocycles. The third-order valence-electron chi connectivity index (χ3n) is 4.15. The molecule has 0 bridgehead atoms. The first kappa shape index (κ1) is 19.6. The predicted molar refractivity (Wildman–Crippen MR) is 106 cm³/mol. The number of rotatable bonds is 3. The van der Waals surface area contributed by atoms with Gasteiger partial charge in [-0.05, 0) is 54.6 Å². The van der Waals surface area contributed by atoms with E-state index in [9.17, 15) is 28.5 Å². The van der Waals surface area contributed by atoms with Crippen LogP contribution in [0.1, 0.15) is 5.56 Å². The summed E-state index contributed by atoms with van der Waals surface area (Å²) in [5.41, 5.74) is -0.399. The lowest BCUT2D eigenvalue weighted by atomic mass is 10.1. The molecule has 152 valence electrons. The number of aromatic hydroxyl groups is 3. The van der Waals surface area contributed by atoms with Gasteiger partial charge in [-0.25, -0.2) is 4.98 Å². The second-order valence-electron chi connectivity index (χ2n) is 6.27. The molecule has 0 radical (unpaired) electrons. The van der Waals surface area contributed by atoms with Gasteiger partial charge in [-0.2, -0.15) is 13.2 Å². The van der Waals surface area contributed by atoms with E-state index >= 15 is 0 Å². The fourth-order valence-electron chi connectivity index (χ4n) is 2.72. The fraction of sp³-hybridized carbons (Fsp3) is 0.0500. The first-order valence-corrected chi connectivity index (χ1v) is 9.27. The standard InChI is InChI=1S/C20H12F3N3O3S/c21-20(22,23)13-8-11(27)2-5-14(13)25-26-15-4-1-10(7-17(15)29)19-24-16-6-3-12(28)9-18(16)30-19/h1-9,27-29H/b26-25+. The van der Waals surface area contributed by atoms with Crippen LogP contribution in [-0.4, -0.2) is 20.3 Å². The van der Waals surface area contributed by atoms with E-state index in [0.29, 0.717) is 22.2 Å². The van der Waals surface area contributed by atoms with E-state index in [1.165, 1.54) is 29.5 Å². The summed E-state index contributed by atoms with van der Waals surface area (Å²) in [5.74, 6) is -0.716. The van der Waals surface area contributed by atoms with Crippen molar-refractivity contribution in [1.29, 1.82) is 0 Å². The Morgan fingerprint density at radius 1 is 0.800 bits per heavy atom. The van der Waals surface area contributed by atoms with Crippen LogP contribution in [0, 0.1) is 0 Å². The van der Waals surface area contributed by atoms with E-state index in [1.807, 2.05) is 0 Å². The minimum Gasteiger partial charge on any atom is -0.508 e. The van der Waals surface area contributed by atoms with Gasteiger partial charge in [0.25, 0.3) is 0 Å². The number of alkyl halides is 3. The highest BCUT2D eigenvalue weighted by Gasteiger charge is 2.34. The molecular formula is C20H12F3N3O3S. The number of phenols is 3. The number of halogens is 3. The van der Waals surface area contributed by atoms with Gasteiger partial charge in [-0.1, -0.05) is 0 Å². The zero-order valence-corrected chi connectivity index (χ0v) is 15.7. The highest BCUT2D eigenvalue weighted by atomic mass is 32.1. The number of hydrogen-bond acceptors (Lipinski definition) is 7. The maximum absolute atomic E-state index is 13.1. The van der Waals surface area contributed by atoms with Crippen LogP contribution in [-0.2, 0) is 6.18 Å². The Bertz CT molecular complexity index is 1290. The van der Waals surface area contributed by atoms with Crippen LogP contribution in [0.15, 0.2) is 64.8 Å². The van der Waals surface area contributed by atoms with Crippen molar-refractivity contribution in [1.82, 2.24) is 4.98 Å². The molecule has 30 heavy (non-hydrogen) atoms. The molecule has 0 saturated carbocycles. The Morgan fingerprint density at radius 3 is 2.20 bits per heavy atom. The van der Waals surface area contributed by atoms with Gasteiger partial charge >= 0.3 is 6.18 Å². The molecule has 0 saturated heterocycles. The van der Waals surface area contributed by atoms with Crippen molar-refractivity contribution in [3.8, 4) is 27.8 Å². The summed E-state index contributed by atoms with van der Waals surface area (Å²) >= 11 is 1.31. The molecule has 0 amide bonds. The molecule has 0 atom stereocenters. The molecule has 0 spiro atoms. The molecule has 0 fully saturated rings. The molecule has 3 N–H and O–H groups in total. The molecule has 4 aromatic rings. The summed E-state index contributed by atoms with van der Waals surface area (Å²) in [6, 6.07) is 11.8. The van der Waals surface area contributed by atoms with Crippen molar-refractivity contribution in [2.24, 2.45) is 10.2 Å². The summed E-state index contributed by atoms with van der Waals surface area (Å²) in [6.07, 6.45) is -4.72. The van der Waals surface area contributed by atoms with Gasteiger partial charge in [0.15, 0.2) is 0 Å². The smallest absolute Gasteiger partial charge is 0.418 e. The summed E-state index contributed by atoms with van der Waals surface area (Å²) in [7, 11) is 0. The largest absolute Gasteiger partial charge is 0.508 e. The fourth-order valence-corrected chi connectivity index (χ4v) is 3.72. The van der Waals surface area contributed by atoms with Crippen LogP contribution < -0.4 is 0 Å². The predicted octanol–water partition coefficient (Wildman–Crippen LogP) is 6.51. The lowest BCUT2D eigenvalue weighted by Gasteiger charge is -2.09. The Balaban J connectivity index is 1.66. The van der Waals surface area contributed by atoms with Gasteiger partial charge in [-0.3, -0.25) is 0 Å². The van der Waals surface area contributed by atoms with Crippen molar-refractivity contribution in [2.75, 3.05) is 0 Å². The van der Waals surface area contributed by atoms with Gasteiger partial charge in [0.2, 0.25) is 0 Å². The molecule has 0 aliphatic carbocycles. The maximum Gasteiger partial charge on any atom is 0.418 e. The van der Waals surface area contributed by atoms with Crippen LogP contribution in [0.2, 0.25) is 0 Å². The Morgan fingerprint density at radius 2 is 1.47 bits per heavy atom. The van der Waals surface area contributed by atoms with Crippen LogP contribution in [0.3, 0.4) is 0 Å². The number of fused-ring (bicyclic) bond motifs is 1. The van der Waals surface area contributed by atoms with Gasteiger partial charge in [0.05, 0.1) is 21.5 Å². The van der Waals surface area contributed by atoms with Crippen molar-refractivity contribution < 1.29 is 28.5 Å². The summed E-state index contributed by atoms with van der Waals surface area (Å²) < 4.78 is 40.1. The highest BCUT2D eigenvalue weighted by Crippen LogP contribution is 2.40. The highest BCUT2D eigenvalue weighted by molar-refractivity contribution is 7.21. The number of thiazole rings is 1. The van der Waals surface area contributed by atoms with Crippen LogP contribution in [0.5, 0.6) is 17.2 Å². The number of benzene rings is 3. The van der Waals surface area contributed by atoms with Crippen molar-refractivity contribution in [2.45, 2.75) is 6.18 Å². The first-order valence-electron chi connectivity index (χ1n) is 8.45. The molecule has 0 aliphatic rings. The molecule has 0 unspecified atom stereocenters. The van der Waals surface area contributed by atoms with Crippen molar-refractivity contribution >= 4 is 32.9 Å². The summed E-state index contributed by atoms with van der Waals surface area (Å²) in [5, 5.41) is 37.0. The normalized spacial score (nSPS) is 12.1. The average Bonchev–Trinajstić information content (AvgIpc) is 3.10. The Kier molecular flexibility index (Phi) is 4.78. The van der Waals surface area contributed by atoms with Crippen LogP contribution in [0.4, 0.5) is 24.5 Å². The monoisotopic (exact) mass is 431 g/mol.